The summed E-state index contributed by atoms with van der Waals surface area (Å²) >= 11 is 18.7. The maximum absolute atomic E-state index is 13.6. The van der Waals surface area contributed by atoms with Crippen molar-refractivity contribution in [2.45, 2.75) is 13.8 Å². The molecule has 0 aliphatic rings. The standard InChI is InChI=1S/C29H19Cl3N4O2/c1-16-11-19(17(2)35(16)25-9-7-21(31)14-23(25)32)15-33-36-28(34-24-6-4-3-5-22(24)29(36)37)27-13-18-12-20(30)8-10-26(18)38-27/h3-15H,1-2H3. The van der Waals surface area contributed by atoms with Gasteiger partial charge in [-0.1, -0.05) is 46.9 Å². The van der Waals surface area contributed by atoms with E-state index in [9.17, 15) is 4.79 Å². The molecule has 6 aromatic rings. The predicted molar refractivity (Wildman–Crippen MR) is 154 cm³/mol. The minimum atomic E-state index is -0.310. The lowest BCUT2D eigenvalue weighted by molar-refractivity contribution is 0.616. The third-order valence-corrected chi connectivity index (χ3v) is 7.16. The van der Waals surface area contributed by atoms with Crippen LogP contribution >= 0.6 is 34.8 Å². The molecule has 0 aliphatic carbocycles. The van der Waals surface area contributed by atoms with Gasteiger partial charge >= 0.3 is 0 Å². The highest BCUT2D eigenvalue weighted by atomic mass is 35.5. The van der Waals surface area contributed by atoms with Crippen LogP contribution in [-0.4, -0.2) is 20.4 Å². The Morgan fingerprint density at radius 2 is 1.68 bits per heavy atom. The topological polar surface area (TPSA) is 65.3 Å². The molecule has 0 fully saturated rings. The van der Waals surface area contributed by atoms with Gasteiger partial charge in [-0.2, -0.15) is 9.78 Å². The maximum atomic E-state index is 13.6. The van der Waals surface area contributed by atoms with Gasteiger partial charge in [0.05, 0.1) is 27.8 Å². The second-order valence-electron chi connectivity index (χ2n) is 8.86. The van der Waals surface area contributed by atoms with Gasteiger partial charge in [-0.05, 0) is 74.5 Å². The van der Waals surface area contributed by atoms with Gasteiger partial charge in [-0.15, -0.1) is 0 Å². The van der Waals surface area contributed by atoms with Crippen molar-refractivity contribution in [3.63, 3.8) is 0 Å². The lowest BCUT2D eigenvalue weighted by Crippen LogP contribution is -2.20. The first-order valence-corrected chi connectivity index (χ1v) is 12.8. The second-order valence-corrected chi connectivity index (χ2v) is 10.1. The average Bonchev–Trinajstić information content (AvgIpc) is 3.43. The van der Waals surface area contributed by atoms with E-state index in [1.807, 2.05) is 36.6 Å². The molecule has 0 N–H and O–H groups in total. The fraction of sp³-hybridized carbons (Fsp3) is 0.0690. The summed E-state index contributed by atoms with van der Waals surface area (Å²) in [5.41, 5.74) is 4.34. The molecule has 3 aromatic heterocycles. The van der Waals surface area contributed by atoms with Gasteiger partial charge in [0, 0.05) is 32.4 Å². The van der Waals surface area contributed by atoms with E-state index in [2.05, 4.69) is 5.10 Å². The molecule has 3 heterocycles. The first-order valence-electron chi connectivity index (χ1n) is 11.7. The molecule has 0 spiro atoms. The molecule has 0 aliphatic heterocycles. The summed E-state index contributed by atoms with van der Waals surface area (Å²) in [6.45, 7) is 3.94. The number of hydrogen-bond acceptors (Lipinski definition) is 4. The molecular formula is C29H19Cl3N4O2. The maximum Gasteiger partial charge on any atom is 0.282 e. The molecular weight excluding hydrogens is 543 g/mol. The fourth-order valence-corrected chi connectivity index (χ4v) is 5.26. The van der Waals surface area contributed by atoms with Crippen LogP contribution in [0.25, 0.3) is 39.1 Å². The first-order chi connectivity index (χ1) is 18.3. The van der Waals surface area contributed by atoms with Crippen molar-refractivity contribution in [2.24, 2.45) is 5.10 Å². The van der Waals surface area contributed by atoms with Gasteiger partial charge in [0.25, 0.3) is 5.56 Å². The Labute approximate surface area is 232 Å². The number of aromatic nitrogens is 3. The molecule has 6 nitrogen and oxygen atoms in total. The van der Waals surface area contributed by atoms with Crippen molar-refractivity contribution in [2.75, 3.05) is 0 Å². The van der Waals surface area contributed by atoms with Crippen LogP contribution in [0, 0.1) is 13.8 Å². The molecule has 3 aromatic carbocycles. The number of rotatable bonds is 4. The van der Waals surface area contributed by atoms with E-state index in [-0.39, 0.29) is 11.4 Å². The quantitative estimate of drug-likeness (QED) is 0.204. The highest BCUT2D eigenvalue weighted by molar-refractivity contribution is 6.35. The molecule has 0 saturated carbocycles. The Kier molecular flexibility index (Phi) is 6.11. The minimum Gasteiger partial charge on any atom is -0.453 e. The monoisotopic (exact) mass is 560 g/mol. The van der Waals surface area contributed by atoms with Gasteiger partial charge in [-0.3, -0.25) is 4.79 Å². The van der Waals surface area contributed by atoms with Crippen molar-refractivity contribution in [3.05, 3.63) is 115 Å². The van der Waals surface area contributed by atoms with Crippen LogP contribution in [0.5, 0.6) is 0 Å². The highest BCUT2D eigenvalue weighted by Gasteiger charge is 2.17. The van der Waals surface area contributed by atoms with E-state index >= 15 is 0 Å². The van der Waals surface area contributed by atoms with Gasteiger partial charge in [-0.25, -0.2) is 4.98 Å². The van der Waals surface area contributed by atoms with Crippen LogP contribution in [0.2, 0.25) is 15.1 Å². The van der Waals surface area contributed by atoms with Crippen LogP contribution in [-0.2, 0) is 0 Å². The summed E-state index contributed by atoms with van der Waals surface area (Å²) in [7, 11) is 0. The number of aryl methyl sites for hydroxylation is 1. The van der Waals surface area contributed by atoms with Gasteiger partial charge in [0.2, 0.25) is 5.82 Å². The van der Waals surface area contributed by atoms with Crippen LogP contribution in [0.4, 0.5) is 0 Å². The Morgan fingerprint density at radius 3 is 2.50 bits per heavy atom. The average molecular weight is 562 g/mol. The lowest BCUT2D eigenvalue weighted by atomic mass is 10.2. The van der Waals surface area contributed by atoms with Gasteiger partial charge in [0.1, 0.15) is 5.58 Å². The Morgan fingerprint density at radius 1 is 0.921 bits per heavy atom. The number of furan rings is 1. The molecule has 188 valence electrons. The van der Waals surface area contributed by atoms with E-state index < -0.39 is 0 Å². The number of fused-ring (bicyclic) bond motifs is 2. The van der Waals surface area contributed by atoms with Crippen molar-refractivity contribution < 1.29 is 4.42 Å². The molecule has 0 radical (unpaired) electrons. The zero-order chi connectivity index (χ0) is 26.6. The summed E-state index contributed by atoms with van der Waals surface area (Å²) in [6.07, 6.45) is 1.64. The summed E-state index contributed by atoms with van der Waals surface area (Å²) < 4.78 is 9.34. The predicted octanol–water partition coefficient (Wildman–Crippen LogP) is 8.06. The van der Waals surface area contributed by atoms with Crippen molar-refractivity contribution in [1.82, 2.24) is 14.2 Å². The van der Waals surface area contributed by atoms with E-state index in [4.69, 9.17) is 44.2 Å². The third kappa shape index (κ3) is 4.21. The molecule has 0 unspecified atom stereocenters. The number of hydrogen-bond donors (Lipinski definition) is 0. The molecule has 0 saturated heterocycles. The Balaban J connectivity index is 1.51. The molecule has 0 bridgehead atoms. The Hall–Kier alpha value is -3.84. The van der Waals surface area contributed by atoms with Gasteiger partial charge < -0.3 is 8.98 Å². The van der Waals surface area contributed by atoms with Crippen molar-refractivity contribution in [1.29, 1.82) is 0 Å². The van der Waals surface area contributed by atoms with E-state index in [0.29, 0.717) is 37.3 Å². The minimum absolute atomic E-state index is 0.284. The number of benzene rings is 3. The van der Waals surface area contributed by atoms with Crippen LogP contribution < -0.4 is 5.56 Å². The molecule has 9 heteroatoms. The SMILES string of the molecule is Cc1cc(C=Nn2c(-c3cc4cc(Cl)ccc4o3)nc3ccccc3c2=O)c(C)n1-c1ccc(Cl)cc1Cl. The summed E-state index contributed by atoms with van der Waals surface area (Å²) in [5, 5.41) is 7.53. The Bertz CT molecular complexity index is 1970. The summed E-state index contributed by atoms with van der Waals surface area (Å²) in [6, 6.07) is 21.6. The van der Waals surface area contributed by atoms with E-state index in [1.165, 1.54) is 4.68 Å². The van der Waals surface area contributed by atoms with Crippen LogP contribution in [0.3, 0.4) is 0 Å². The number of nitrogens with zero attached hydrogens (tertiary/aromatic N) is 4. The van der Waals surface area contributed by atoms with E-state index in [0.717, 1.165) is 28.0 Å². The number of para-hydroxylation sites is 1. The molecule has 38 heavy (non-hydrogen) atoms. The first kappa shape index (κ1) is 24.5. The largest absolute Gasteiger partial charge is 0.453 e. The molecule has 0 atom stereocenters. The zero-order valence-corrected chi connectivity index (χ0v) is 22.5. The van der Waals surface area contributed by atoms with Crippen molar-refractivity contribution in [3.8, 4) is 17.3 Å². The normalized spacial score (nSPS) is 11.8. The third-order valence-electron chi connectivity index (χ3n) is 6.39. The molecule has 6 rings (SSSR count). The number of halogens is 3. The summed E-state index contributed by atoms with van der Waals surface area (Å²) in [5.74, 6) is 0.688. The lowest BCUT2D eigenvalue weighted by Gasteiger charge is -2.12. The van der Waals surface area contributed by atoms with Crippen LogP contribution in [0.1, 0.15) is 17.0 Å². The van der Waals surface area contributed by atoms with Gasteiger partial charge in [0.15, 0.2) is 5.76 Å². The van der Waals surface area contributed by atoms with E-state index in [1.54, 1.807) is 60.8 Å². The van der Waals surface area contributed by atoms with Crippen molar-refractivity contribution >= 4 is 62.9 Å². The second kappa shape index (κ2) is 9.48. The zero-order valence-electron chi connectivity index (χ0n) is 20.2. The highest BCUT2D eigenvalue weighted by Crippen LogP contribution is 2.30. The molecule has 0 amide bonds. The smallest absolute Gasteiger partial charge is 0.282 e. The summed E-state index contributed by atoms with van der Waals surface area (Å²) in [4.78, 5) is 18.3. The fourth-order valence-electron chi connectivity index (χ4n) is 4.59. The van der Waals surface area contributed by atoms with Crippen LogP contribution in [0.15, 0.2) is 87.1 Å².